The molecule has 0 aliphatic carbocycles. The molecule has 0 radical (unpaired) electrons. The van der Waals surface area contributed by atoms with Gasteiger partial charge in [-0.25, -0.2) is 8.42 Å². The molecule has 150 valence electrons. The summed E-state index contributed by atoms with van der Waals surface area (Å²) in [6.45, 7) is 6.53. The molecule has 1 N–H and O–H groups in total. The number of nitrogens with zero attached hydrogens (tertiary/aromatic N) is 2. The fourth-order valence-corrected chi connectivity index (χ4v) is 5.21. The van der Waals surface area contributed by atoms with Crippen LogP contribution in [-0.2, 0) is 21.4 Å². The minimum Gasteiger partial charge on any atom is -0.326 e. The molecule has 0 aromatic heterocycles. The Morgan fingerprint density at radius 1 is 1.04 bits per heavy atom. The first-order valence-corrected chi connectivity index (χ1v) is 10.9. The van der Waals surface area contributed by atoms with E-state index < -0.39 is 10.0 Å². The van der Waals surface area contributed by atoms with E-state index in [1.807, 2.05) is 18.2 Å². The highest BCUT2D eigenvalue weighted by atomic mass is 32.2. The molecule has 3 rings (SSSR count). The quantitative estimate of drug-likeness (QED) is 0.836. The summed E-state index contributed by atoms with van der Waals surface area (Å²) in [5.74, 6) is -0.224. The Hall–Kier alpha value is -2.22. The van der Waals surface area contributed by atoms with Gasteiger partial charge in [0.05, 0.1) is 4.90 Å². The first-order chi connectivity index (χ1) is 13.4. The summed E-state index contributed by atoms with van der Waals surface area (Å²) >= 11 is 0. The number of hydrogen-bond donors (Lipinski definition) is 1. The zero-order valence-electron chi connectivity index (χ0n) is 16.4. The van der Waals surface area contributed by atoms with Crippen molar-refractivity contribution in [3.63, 3.8) is 0 Å². The lowest BCUT2D eigenvalue weighted by molar-refractivity contribution is -0.114. The van der Waals surface area contributed by atoms with E-state index in [0.717, 1.165) is 19.5 Å². The molecule has 1 saturated heterocycles. The lowest BCUT2D eigenvalue weighted by Crippen LogP contribution is -2.35. The van der Waals surface area contributed by atoms with Crippen molar-refractivity contribution < 1.29 is 13.2 Å². The molecule has 6 nitrogen and oxygen atoms in total. The van der Waals surface area contributed by atoms with Crippen LogP contribution in [0.2, 0.25) is 0 Å². The molecule has 1 aliphatic rings. The fourth-order valence-electron chi connectivity index (χ4n) is 3.49. The standard InChI is InChI=1S/C21H27N3O3S/c1-17-9-10-20(22-18(2)25)15-21(17)28(26,27)24-12-6-11-23(13-14-24)16-19-7-4-3-5-8-19/h3-5,7-10,15H,6,11-14,16H2,1-2H3,(H,22,25). The molecule has 0 bridgehead atoms. The molecular formula is C21H27N3O3S. The number of hydrogen-bond acceptors (Lipinski definition) is 4. The molecule has 1 aliphatic heterocycles. The average molecular weight is 402 g/mol. The van der Waals surface area contributed by atoms with Gasteiger partial charge in [0.15, 0.2) is 0 Å². The normalized spacial score (nSPS) is 16.5. The van der Waals surface area contributed by atoms with Gasteiger partial charge < -0.3 is 5.32 Å². The average Bonchev–Trinajstić information content (AvgIpc) is 2.90. The van der Waals surface area contributed by atoms with Crippen molar-refractivity contribution in [1.29, 1.82) is 0 Å². The maximum Gasteiger partial charge on any atom is 0.243 e. The van der Waals surface area contributed by atoms with Crippen molar-refractivity contribution in [1.82, 2.24) is 9.21 Å². The Morgan fingerprint density at radius 3 is 2.50 bits per heavy atom. The smallest absolute Gasteiger partial charge is 0.243 e. The van der Waals surface area contributed by atoms with Gasteiger partial charge in [0.25, 0.3) is 0 Å². The predicted octanol–water partition coefficient (Wildman–Crippen LogP) is 2.85. The molecule has 0 saturated carbocycles. The number of carbonyl (C=O) groups is 1. The van der Waals surface area contributed by atoms with Gasteiger partial charge in [-0.15, -0.1) is 0 Å². The van der Waals surface area contributed by atoms with Crippen LogP contribution < -0.4 is 5.32 Å². The molecule has 0 atom stereocenters. The Labute approximate surface area is 167 Å². The maximum atomic E-state index is 13.3. The van der Waals surface area contributed by atoms with Crippen molar-refractivity contribution in [3.05, 3.63) is 59.7 Å². The van der Waals surface area contributed by atoms with E-state index in [1.165, 1.54) is 12.5 Å². The van der Waals surface area contributed by atoms with Crippen molar-refractivity contribution in [2.45, 2.75) is 31.7 Å². The van der Waals surface area contributed by atoms with Crippen molar-refractivity contribution in [2.75, 3.05) is 31.5 Å². The number of benzene rings is 2. The van der Waals surface area contributed by atoms with Crippen LogP contribution in [0.1, 0.15) is 24.5 Å². The van der Waals surface area contributed by atoms with E-state index >= 15 is 0 Å². The highest BCUT2D eigenvalue weighted by Gasteiger charge is 2.28. The number of amides is 1. The highest BCUT2D eigenvalue weighted by Crippen LogP contribution is 2.25. The van der Waals surface area contributed by atoms with Crippen LogP contribution in [-0.4, -0.2) is 49.7 Å². The van der Waals surface area contributed by atoms with Gasteiger partial charge in [0.1, 0.15) is 0 Å². The summed E-state index contributed by atoms with van der Waals surface area (Å²) in [4.78, 5) is 13.9. The SMILES string of the molecule is CC(=O)Nc1ccc(C)c(S(=O)(=O)N2CCCN(Cc3ccccc3)CC2)c1. The summed E-state index contributed by atoms with van der Waals surface area (Å²) in [6, 6.07) is 15.2. The van der Waals surface area contributed by atoms with Crippen molar-refractivity contribution in [3.8, 4) is 0 Å². The Balaban J connectivity index is 1.75. The highest BCUT2D eigenvalue weighted by molar-refractivity contribution is 7.89. The van der Waals surface area contributed by atoms with Crippen LogP contribution in [0.4, 0.5) is 5.69 Å². The predicted molar refractivity (Wildman–Crippen MR) is 111 cm³/mol. The van der Waals surface area contributed by atoms with Gasteiger partial charge in [-0.3, -0.25) is 9.69 Å². The third-order valence-electron chi connectivity index (χ3n) is 4.92. The molecule has 7 heteroatoms. The Bertz CT molecular complexity index is 929. The second-order valence-corrected chi connectivity index (χ2v) is 9.09. The van der Waals surface area contributed by atoms with Gasteiger partial charge >= 0.3 is 0 Å². The lowest BCUT2D eigenvalue weighted by Gasteiger charge is -2.23. The van der Waals surface area contributed by atoms with E-state index in [4.69, 9.17) is 0 Å². The van der Waals surface area contributed by atoms with Crippen LogP contribution in [0, 0.1) is 6.92 Å². The van der Waals surface area contributed by atoms with Gasteiger partial charge in [-0.05, 0) is 43.1 Å². The van der Waals surface area contributed by atoms with E-state index in [1.54, 1.807) is 29.4 Å². The van der Waals surface area contributed by atoms with Crippen molar-refractivity contribution in [2.24, 2.45) is 0 Å². The maximum absolute atomic E-state index is 13.3. The van der Waals surface area contributed by atoms with Crippen LogP contribution in [0.3, 0.4) is 0 Å². The number of aryl methyl sites for hydroxylation is 1. The number of anilines is 1. The first kappa shape index (κ1) is 20.5. The zero-order valence-corrected chi connectivity index (χ0v) is 17.2. The molecule has 28 heavy (non-hydrogen) atoms. The Kier molecular flexibility index (Phi) is 6.49. The minimum absolute atomic E-state index is 0.224. The van der Waals surface area contributed by atoms with E-state index in [-0.39, 0.29) is 10.8 Å². The van der Waals surface area contributed by atoms with Gasteiger partial charge in [0.2, 0.25) is 15.9 Å². The zero-order chi connectivity index (χ0) is 20.1. The fraction of sp³-hybridized carbons (Fsp3) is 0.381. The minimum atomic E-state index is -3.62. The van der Waals surface area contributed by atoms with Crippen LogP contribution in [0.25, 0.3) is 0 Å². The largest absolute Gasteiger partial charge is 0.326 e. The number of nitrogens with one attached hydrogen (secondary N) is 1. The molecule has 1 fully saturated rings. The summed E-state index contributed by atoms with van der Waals surface area (Å²) in [6.07, 6.45) is 0.788. The monoisotopic (exact) mass is 401 g/mol. The summed E-state index contributed by atoms with van der Waals surface area (Å²) in [5, 5.41) is 2.66. The van der Waals surface area contributed by atoms with Gasteiger partial charge in [-0.2, -0.15) is 4.31 Å². The number of carbonyl (C=O) groups excluding carboxylic acids is 1. The number of sulfonamides is 1. The van der Waals surface area contributed by atoms with Crippen LogP contribution >= 0.6 is 0 Å². The Morgan fingerprint density at radius 2 is 1.79 bits per heavy atom. The molecule has 2 aromatic carbocycles. The summed E-state index contributed by atoms with van der Waals surface area (Å²) in [7, 11) is -3.62. The van der Waals surface area contributed by atoms with Gasteiger partial charge in [-0.1, -0.05) is 36.4 Å². The molecule has 2 aromatic rings. The van der Waals surface area contributed by atoms with E-state index in [0.29, 0.717) is 30.9 Å². The lowest BCUT2D eigenvalue weighted by atomic mass is 10.2. The second-order valence-electron chi connectivity index (χ2n) is 7.18. The van der Waals surface area contributed by atoms with E-state index in [9.17, 15) is 13.2 Å². The van der Waals surface area contributed by atoms with E-state index in [2.05, 4.69) is 22.3 Å². The van der Waals surface area contributed by atoms with Crippen molar-refractivity contribution >= 4 is 21.6 Å². The number of rotatable bonds is 5. The first-order valence-electron chi connectivity index (χ1n) is 9.51. The van der Waals surface area contributed by atoms with Crippen LogP contribution in [0.5, 0.6) is 0 Å². The molecule has 1 amide bonds. The molecular weight excluding hydrogens is 374 g/mol. The molecule has 1 heterocycles. The topological polar surface area (TPSA) is 69.7 Å². The van der Waals surface area contributed by atoms with Gasteiger partial charge in [0, 0.05) is 38.8 Å². The summed E-state index contributed by atoms with van der Waals surface area (Å²) < 4.78 is 28.1. The van der Waals surface area contributed by atoms with Crippen LogP contribution in [0.15, 0.2) is 53.4 Å². The third kappa shape index (κ3) is 4.98. The molecule has 0 spiro atoms. The third-order valence-corrected chi connectivity index (χ3v) is 6.96. The molecule has 0 unspecified atom stereocenters. The second kappa shape index (κ2) is 8.86. The summed E-state index contributed by atoms with van der Waals surface area (Å²) in [5.41, 5.74) is 2.41.